The number of thiazole rings is 1. The van der Waals surface area contributed by atoms with Gasteiger partial charge in [-0.05, 0) is 37.0 Å². The van der Waals surface area contributed by atoms with E-state index < -0.39 is 0 Å². The number of hydrogen-bond acceptors (Lipinski definition) is 3. The lowest BCUT2D eigenvalue weighted by Crippen LogP contribution is -2.31. The Labute approximate surface area is 132 Å². The summed E-state index contributed by atoms with van der Waals surface area (Å²) in [6, 6.07) is 6.38. The van der Waals surface area contributed by atoms with Gasteiger partial charge in [-0.3, -0.25) is 4.79 Å². The van der Waals surface area contributed by atoms with Gasteiger partial charge in [0.1, 0.15) is 10.7 Å². The van der Waals surface area contributed by atoms with Crippen LogP contribution >= 0.6 is 11.3 Å². The normalized spacial score (nSPS) is 14.4. The summed E-state index contributed by atoms with van der Waals surface area (Å²) in [6.45, 7) is 0. The zero-order valence-corrected chi connectivity index (χ0v) is 12.8. The fourth-order valence-corrected chi connectivity index (χ4v) is 3.13. The van der Waals surface area contributed by atoms with Crippen molar-refractivity contribution < 1.29 is 9.18 Å². The molecule has 0 radical (unpaired) electrons. The fraction of sp³-hybridized carbons (Fsp3) is 0.294. The number of halogens is 1. The fourth-order valence-electron chi connectivity index (χ4n) is 2.46. The Kier molecular flexibility index (Phi) is 4.50. The molecule has 0 aliphatic heterocycles. The lowest BCUT2D eigenvalue weighted by atomic mass is 10.2. The first-order valence-corrected chi connectivity index (χ1v) is 8.06. The molecule has 0 bridgehead atoms. The smallest absolute Gasteiger partial charge is 0.263 e. The Morgan fingerprint density at radius 2 is 2.14 bits per heavy atom. The third-order valence-electron chi connectivity index (χ3n) is 3.56. The number of rotatable bonds is 2. The number of amides is 1. The minimum atomic E-state index is -0.317. The number of aromatic nitrogens is 1. The van der Waals surface area contributed by atoms with Crippen molar-refractivity contribution in [2.75, 3.05) is 0 Å². The lowest BCUT2D eigenvalue weighted by Gasteiger charge is -2.09. The van der Waals surface area contributed by atoms with Gasteiger partial charge in [0.2, 0.25) is 0 Å². The number of hydrogen-bond donors (Lipinski definition) is 1. The highest BCUT2D eigenvalue weighted by atomic mass is 32.1. The van der Waals surface area contributed by atoms with Crippen LogP contribution in [0.15, 0.2) is 30.5 Å². The van der Waals surface area contributed by atoms with E-state index in [9.17, 15) is 9.18 Å². The largest absolute Gasteiger partial charge is 0.349 e. The standard InChI is InChI=1S/C17H15FN2OS/c18-13-5-3-4-12(10-13)8-9-16-19-11-15(22-16)17(21)20-14-6-1-2-7-14/h3-5,10-11,14H,1-2,6-7H2,(H,20,21). The van der Waals surface area contributed by atoms with Gasteiger partial charge in [-0.1, -0.05) is 24.8 Å². The van der Waals surface area contributed by atoms with Gasteiger partial charge < -0.3 is 5.32 Å². The molecule has 0 atom stereocenters. The number of nitrogens with one attached hydrogen (secondary N) is 1. The third-order valence-corrected chi connectivity index (χ3v) is 4.47. The van der Waals surface area contributed by atoms with Crippen molar-refractivity contribution in [3.8, 4) is 11.8 Å². The first kappa shape index (κ1) is 14.7. The van der Waals surface area contributed by atoms with Crippen LogP contribution in [0.2, 0.25) is 0 Å². The van der Waals surface area contributed by atoms with E-state index in [1.165, 1.54) is 36.3 Å². The number of benzene rings is 1. The summed E-state index contributed by atoms with van der Waals surface area (Å²) in [5.74, 6) is 5.32. The van der Waals surface area contributed by atoms with E-state index in [2.05, 4.69) is 22.1 Å². The Hall–Kier alpha value is -2.19. The number of carbonyl (C=O) groups is 1. The molecule has 1 aromatic carbocycles. The molecule has 0 unspecified atom stereocenters. The second-order valence-electron chi connectivity index (χ2n) is 5.24. The number of carbonyl (C=O) groups excluding carboxylic acids is 1. The Morgan fingerprint density at radius 3 is 2.91 bits per heavy atom. The zero-order valence-electron chi connectivity index (χ0n) is 11.9. The van der Waals surface area contributed by atoms with Crippen LogP contribution in [-0.4, -0.2) is 16.9 Å². The summed E-state index contributed by atoms with van der Waals surface area (Å²) < 4.78 is 13.1. The topological polar surface area (TPSA) is 42.0 Å². The summed E-state index contributed by atoms with van der Waals surface area (Å²) in [7, 11) is 0. The summed E-state index contributed by atoms with van der Waals surface area (Å²) in [4.78, 5) is 16.8. The molecular formula is C17H15FN2OS. The van der Waals surface area contributed by atoms with Crippen molar-refractivity contribution in [3.05, 3.63) is 51.7 Å². The molecule has 5 heteroatoms. The van der Waals surface area contributed by atoms with Crippen LogP contribution in [0.3, 0.4) is 0 Å². The zero-order chi connectivity index (χ0) is 15.4. The van der Waals surface area contributed by atoms with E-state index in [4.69, 9.17) is 0 Å². The van der Waals surface area contributed by atoms with Gasteiger partial charge in [0.25, 0.3) is 5.91 Å². The SMILES string of the molecule is O=C(NC1CCCC1)c1cnc(C#Cc2cccc(F)c2)s1. The maximum Gasteiger partial charge on any atom is 0.263 e. The average molecular weight is 314 g/mol. The van der Waals surface area contributed by atoms with Crippen LogP contribution in [0.5, 0.6) is 0 Å². The maximum absolute atomic E-state index is 13.1. The molecule has 22 heavy (non-hydrogen) atoms. The van der Waals surface area contributed by atoms with Crippen molar-refractivity contribution in [3.63, 3.8) is 0 Å². The molecule has 1 aliphatic carbocycles. The highest BCUT2D eigenvalue weighted by molar-refractivity contribution is 7.14. The van der Waals surface area contributed by atoms with Crippen molar-refractivity contribution in [2.45, 2.75) is 31.7 Å². The van der Waals surface area contributed by atoms with E-state index in [0.717, 1.165) is 12.8 Å². The molecule has 1 saturated carbocycles. The summed E-state index contributed by atoms with van der Waals surface area (Å²) in [6.07, 6.45) is 6.01. The van der Waals surface area contributed by atoms with Crippen molar-refractivity contribution in [2.24, 2.45) is 0 Å². The second kappa shape index (κ2) is 6.71. The molecule has 1 N–H and O–H groups in total. The van der Waals surface area contributed by atoms with Crippen molar-refractivity contribution >= 4 is 17.2 Å². The van der Waals surface area contributed by atoms with Gasteiger partial charge in [-0.2, -0.15) is 0 Å². The van der Waals surface area contributed by atoms with Crippen molar-refractivity contribution in [1.82, 2.24) is 10.3 Å². The quantitative estimate of drug-likeness (QED) is 0.864. The average Bonchev–Trinajstić information content (AvgIpc) is 3.16. The van der Waals surface area contributed by atoms with Gasteiger partial charge >= 0.3 is 0 Å². The van der Waals surface area contributed by atoms with E-state index >= 15 is 0 Å². The van der Waals surface area contributed by atoms with Crippen LogP contribution in [-0.2, 0) is 0 Å². The first-order valence-electron chi connectivity index (χ1n) is 7.25. The molecular weight excluding hydrogens is 299 g/mol. The Morgan fingerprint density at radius 1 is 1.32 bits per heavy atom. The lowest BCUT2D eigenvalue weighted by molar-refractivity contribution is 0.0942. The second-order valence-corrected chi connectivity index (χ2v) is 6.28. The van der Waals surface area contributed by atoms with Crippen LogP contribution in [0, 0.1) is 17.7 Å². The van der Waals surface area contributed by atoms with Crippen LogP contribution < -0.4 is 5.32 Å². The highest BCUT2D eigenvalue weighted by Gasteiger charge is 2.19. The molecule has 1 heterocycles. The van der Waals surface area contributed by atoms with Gasteiger partial charge in [-0.15, -0.1) is 11.3 Å². The number of nitrogens with zero attached hydrogens (tertiary/aromatic N) is 1. The first-order chi connectivity index (χ1) is 10.7. The predicted molar refractivity (Wildman–Crippen MR) is 84.2 cm³/mol. The molecule has 1 aromatic heterocycles. The van der Waals surface area contributed by atoms with Gasteiger partial charge in [0.15, 0.2) is 5.01 Å². The van der Waals surface area contributed by atoms with Crippen LogP contribution in [0.25, 0.3) is 0 Å². The molecule has 0 saturated heterocycles. The van der Waals surface area contributed by atoms with E-state index in [-0.39, 0.29) is 17.8 Å². The molecule has 3 nitrogen and oxygen atoms in total. The van der Waals surface area contributed by atoms with Gasteiger partial charge in [0.05, 0.1) is 6.20 Å². The minimum absolute atomic E-state index is 0.0804. The highest BCUT2D eigenvalue weighted by Crippen LogP contribution is 2.19. The van der Waals surface area contributed by atoms with Crippen LogP contribution in [0.1, 0.15) is 45.9 Å². The minimum Gasteiger partial charge on any atom is -0.349 e. The molecule has 112 valence electrons. The third kappa shape index (κ3) is 3.71. The Bertz CT molecular complexity index is 738. The van der Waals surface area contributed by atoms with E-state index in [1.54, 1.807) is 18.3 Å². The van der Waals surface area contributed by atoms with E-state index in [1.807, 2.05) is 0 Å². The molecule has 1 aliphatic rings. The summed E-state index contributed by atoms with van der Waals surface area (Å²) in [5, 5.41) is 3.58. The molecule has 0 spiro atoms. The summed E-state index contributed by atoms with van der Waals surface area (Å²) in [5.41, 5.74) is 0.590. The molecule has 3 rings (SSSR count). The van der Waals surface area contributed by atoms with Crippen LogP contribution in [0.4, 0.5) is 4.39 Å². The predicted octanol–water partition coefficient (Wildman–Crippen LogP) is 3.35. The van der Waals surface area contributed by atoms with Gasteiger partial charge in [-0.25, -0.2) is 9.37 Å². The van der Waals surface area contributed by atoms with Gasteiger partial charge in [0, 0.05) is 11.6 Å². The molecule has 1 amide bonds. The molecule has 2 aromatic rings. The van der Waals surface area contributed by atoms with Crippen molar-refractivity contribution in [1.29, 1.82) is 0 Å². The Balaban J connectivity index is 1.67. The molecule has 1 fully saturated rings. The summed E-state index contributed by atoms with van der Waals surface area (Å²) >= 11 is 1.26. The van der Waals surface area contributed by atoms with E-state index in [0.29, 0.717) is 15.4 Å². The monoisotopic (exact) mass is 314 g/mol. The maximum atomic E-state index is 13.1.